The average Bonchev–Trinajstić information content (AvgIpc) is 3.07. The van der Waals surface area contributed by atoms with Gasteiger partial charge in [-0.1, -0.05) is 18.2 Å². The maximum Gasteiger partial charge on any atom is 0.278 e. The van der Waals surface area contributed by atoms with E-state index in [-0.39, 0.29) is 11.5 Å². The van der Waals surface area contributed by atoms with Crippen LogP contribution in [-0.2, 0) is 0 Å². The summed E-state index contributed by atoms with van der Waals surface area (Å²) in [6.07, 6.45) is 6.78. The Morgan fingerprint density at radius 1 is 1.04 bits per heavy atom. The van der Waals surface area contributed by atoms with Crippen LogP contribution in [0.25, 0.3) is 16.9 Å². The van der Waals surface area contributed by atoms with Crippen molar-refractivity contribution in [1.29, 1.82) is 0 Å². The smallest absolute Gasteiger partial charge is 0.278 e. The Labute approximate surface area is 143 Å². The van der Waals surface area contributed by atoms with Crippen molar-refractivity contribution >= 4 is 23.1 Å². The van der Waals surface area contributed by atoms with Gasteiger partial charge in [-0.05, 0) is 24.3 Å². The third kappa shape index (κ3) is 2.90. The standard InChI is InChI=1S/C18H14N6O/c19-17-16(20-8-9-21-17)18(25)22-13-6-4-12(5-7-13)14-11-24-10-2-1-3-15(24)23-14/h1-11H,(H2,19,21)(H,22,25). The van der Waals surface area contributed by atoms with E-state index < -0.39 is 5.91 Å². The number of anilines is 2. The number of benzene rings is 1. The van der Waals surface area contributed by atoms with Crippen LogP contribution in [0.2, 0.25) is 0 Å². The number of aromatic nitrogens is 4. The van der Waals surface area contributed by atoms with Crippen LogP contribution in [0.1, 0.15) is 10.5 Å². The van der Waals surface area contributed by atoms with Crippen LogP contribution in [0.4, 0.5) is 11.5 Å². The van der Waals surface area contributed by atoms with E-state index in [2.05, 4.69) is 20.3 Å². The fourth-order valence-corrected chi connectivity index (χ4v) is 2.51. The van der Waals surface area contributed by atoms with Gasteiger partial charge >= 0.3 is 0 Å². The van der Waals surface area contributed by atoms with Crippen LogP contribution in [0.5, 0.6) is 0 Å². The second kappa shape index (κ2) is 6.04. The zero-order valence-corrected chi connectivity index (χ0v) is 13.1. The number of hydrogen-bond acceptors (Lipinski definition) is 5. The van der Waals surface area contributed by atoms with Crippen molar-refractivity contribution in [3.05, 3.63) is 72.9 Å². The van der Waals surface area contributed by atoms with Gasteiger partial charge in [-0.25, -0.2) is 15.0 Å². The Morgan fingerprint density at radius 3 is 2.60 bits per heavy atom. The van der Waals surface area contributed by atoms with Gasteiger partial charge in [-0.3, -0.25) is 4.79 Å². The van der Waals surface area contributed by atoms with E-state index in [0.717, 1.165) is 16.9 Å². The third-order valence-electron chi connectivity index (χ3n) is 3.74. The molecule has 7 nitrogen and oxygen atoms in total. The number of pyridine rings is 1. The van der Waals surface area contributed by atoms with Gasteiger partial charge in [-0.15, -0.1) is 0 Å². The van der Waals surface area contributed by atoms with E-state index in [9.17, 15) is 4.79 Å². The first kappa shape index (κ1) is 14.8. The summed E-state index contributed by atoms with van der Waals surface area (Å²) in [5.74, 6) is -0.299. The number of nitrogens with zero attached hydrogens (tertiary/aromatic N) is 4. The second-order valence-corrected chi connectivity index (χ2v) is 5.41. The summed E-state index contributed by atoms with van der Waals surface area (Å²) in [6.45, 7) is 0. The topological polar surface area (TPSA) is 98.2 Å². The Kier molecular flexibility index (Phi) is 3.59. The third-order valence-corrected chi connectivity index (χ3v) is 3.74. The van der Waals surface area contributed by atoms with Gasteiger partial charge in [-0.2, -0.15) is 0 Å². The van der Waals surface area contributed by atoms with Crippen LogP contribution >= 0.6 is 0 Å². The van der Waals surface area contributed by atoms with E-state index in [1.807, 2.05) is 59.3 Å². The molecule has 4 rings (SSSR count). The van der Waals surface area contributed by atoms with Crippen molar-refractivity contribution in [1.82, 2.24) is 19.4 Å². The number of amides is 1. The number of hydrogen-bond donors (Lipinski definition) is 2. The number of carbonyl (C=O) groups excluding carboxylic acids is 1. The lowest BCUT2D eigenvalue weighted by molar-refractivity contribution is 0.102. The zero-order valence-electron chi connectivity index (χ0n) is 13.1. The molecule has 7 heteroatoms. The molecule has 0 aliphatic heterocycles. The van der Waals surface area contributed by atoms with Gasteiger partial charge in [0.25, 0.3) is 5.91 Å². The van der Waals surface area contributed by atoms with Crippen LogP contribution in [0, 0.1) is 0 Å². The van der Waals surface area contributed by atoms with Gasteiger partial charge in [0.2, 0.25) is 0 Å². The summed E-state index contributed by atoms with van der Waals surface area (Å²) >= 11 is 0. The van der Waals surface area contributed by atoms with Gasteiger partial charge in [0.1, 0.15) is 5.65 Å². The predicted molar refractivity (Wildman–Crippen MR) is 95.0 cm³/mol. The van der Waals surface area contributed by atoms with E-state index >= 15 is 0 Å². The molecule has 0 aliphatic rings. The number of imidazole rings is 1. The fraction of sp³-hybridized carbons (Fsp3) is 0. The molecule has 1 aromatic carbocycles. The summed E-state index contributed by atoms with van der Waals surface area (Å²) in [4.78, 5) is 24.6. The molecule has 0 saturated carbocycles. The van der Waals surface area contributed by atoms with Gasteiger partial charge in [0, 0.05) is 36.0 Å². The molecule has 0 aliphatic carbocycles. The van der Waals surface area contributed by atoms with Gasteiger partial charge in [0.15, 0.2) is 11.5 Å². The quantitative estimate of drug-likeness (QED) is 0.602. The van der Waals surface area contributed by atoms with E-state index in [1.165, 1.54) is 12.4 Å². The van der Waals surface area contributed by atoms with Crippen molar-refractivity contribution < 1.29 is 4.79 Å². The Bertz CT molecular complexity index is 1020. The molecule has 0 radical (unpaired) electrons. The highest BCUT2D eigenvalue weighted by molar-refractivity contribution is 6.05. The normalized spacial score (nSPS) is 10.7. The fourth-order valence-electron chi connectivity index (χ4n) is 2.51. The average molecular weight is 330 g/mol. The number of nitrogens with two attached hydrogens (primary N) is 1. The highest BCUT2D eigenvalue weighted by Gasteiger charge is 2.12. The van der Waals surface area contributed by atoms with Crippen molar-refractivity contribution in [2.45, 2.75) is 0 Å². The molecule has 3 heterocycles. The minimum absolute atomic E-state index is 0.0984. The van der Waals surface area contributed by atoms with E-state index in [4.69, 9.17) is 5.73 Å². The van der Waals surface area contributed by atoms with Crippen LogP contribution < -0.4 is 11.1 Å². The first-order chi connectivity index (χ1) is 12.2. The molecule has 3 aromatic heterocycles. The molecule has 0 atom stereocenters. The SMILES string of the molecule is Nc1nccnc1C(=O)Nc1ccc(-c2cn3ccccc3n2)cc1. The largest absolute Gasteiger partial charge is 0.382 e. The Hall–Kier alpha value is -3.74. The molecule has 0 spiro atoms. The molecule has 0 fully saturated rings. The molecular formula is C18H14N6O. The number of fused-ring (bicyclic) bond motifs is 1. The predicted octanol–water partition coefficient (Wildman–Crippen LogP) is 2.63. The van der Waals surface area contributed by atoms with Crippen LogP contribution in [0.3, 0.4) is 0 Å². The monoisotopic (exact) mass is 330 g/mol. The van der Waals surface area contributed by atoms with Gasteiger partial charge in [0.05, 0.1) is 5.69 Å². The van der Waals surface area contributed by atoms with Crippen molar-refractivity contribution in [2.75, 3.05) is 11.1 Å². The van der Waals surface area contributed by atoms with E-state index in [1.54, 1.807) is 0 Å². The van der Waals surface area contributed by atoms with E-state index in [0.29, 0.717) is 5.69 Å². The minimum atomic E-state index is -0.397. The molecule has 1 amide bonds. The maximum absolute atomic E-state index is 12.2. The van der Waals surface area contributed by atoms with Crippen molar-refractivity contribution in [3.8, 4) is 11.3 Å². The minimum Gasteiger partial charge on any atom is -0.382 e. The summed E-state index contributed by atoms with van der Waals surface area (Å²) < 4.78 is 1.96. The summed E-state index contributed by atoms with van der Waals surface area (Å²) in [5, 5.41) is 2.76. The highest BCUT2D eigenvalue weighted by Crippen LogP contribution is 2.21. The number of nitrogens with one attached hydrogen (secondary N) is 1. The summed E-state index contributed by atoms with van der Waals surface area (Å²) in [5.41, 5.74) is 9.12. The molecular weight excluding hydrogens is 316 g/mol. The lowest BCUT2D eigenvalue weighted by atomic mass is 10.1. The molecule has 0 saturated heterocycles. The summed E-state index contributed by atoms with van der Waals surface area (Å²) in [6, 6.07) is 13.3. The Balaban J connectivity index is 1.56. The molecule has 3 N–H and O–H groups in total. The van der Waals surface area contributed by atoms with Gasteiger partial charge < -0.3 is 15.5 Å². The molecule has 0 bridgehead atoms. The van der Waals surface area contributed by atoms with Crippen molar-refractivity contribution in [3.63, 3.8) is 0 Å². The Morgan fingerprint density at radius 2 is 1.84 bits per heavy atom. The second-order valence-electron chi connectivity index (χ2n) is 5.41. The summed E-state index contributed by atoms with van der Waals surface area (Å²) in [7, 11) is 0. The number of carbonyl (C=O) groups is 1. The zero-order chi connectivity index (χ0) is 17.2. The highest BCUT2D eigenvalue weighted by atomic mass is 16.1. The first-order valence-corrected chi connectivity index (χ1v) is 7.63. The number of nitrogen functional groups attached to an aromatic ring is 1. The first-order valence-electron chi connectivity index (χ1n) is 7.63. The molecule has 0 unspecified atom stereocenters. The molecule has 122 valence electrons. The van der Waals surface area contributed by atoms with Crippen LogP contribution in [-0.4, -0.2) is 25.3 Å². The van der Waals surface area contributed by atoms with Crippen LogP contribution in [0.15, 0.2) is 67.3 Å². The molecule has 4 aromatic rings. The van der Waals surface area contributed by atoms with Crippen molar-refractivity contribution in [2.24, 2.45) is 0 Å². The number of rotatable bonds is 3. The maximum atomic E-state index is 12.2. The molecule has 25 heavy (non-hydrogen) atoms. The lowest BCUT2D eigenvalue weighted by Crippen LogP contribution is -2.16. The lowest BCUT2D eigenvalue weighted by Gasteiger charge is -2.06.